The van der Waals surface area contributed by atoms with Gasteiger partial charge in [0.15, 0.2) is 0 Å². The lowest BCUT2D eigenvalue weighted by atomic mass is 9.77. The van der Waals surface area contributed by atoms with Crippen LogP contribution in [-0.4, -0.2) is 43.0 Å². The van der Waals surface area contributed by atoms with Crippen molar-refractivity contribution in [2.75, 3.05) is 43.3 Å². The zero-order valence-electron chi connectivity index (χ0n) is 19.4. The summed E-state index contributed by atoms with van der Waals surface area (Å²) >= 11 is 0. The molecular formula is C26H30N6. The van der Waals surface area contributed by atoms with Gasteiger partial charge in [0.1, 0.15) is 12.4 Å². The molecule has 0 spiro atoms. The summed E-state index contributed by atoms with van der Waals surface area (Å²) in [5, 5.41) is 8.20. The number of benzene rings is 2. The second-order valence-corrected chi connectivity index (χ2v) is 9.13. The predicted molar refractivity (Wildman–Crippen MR) is 131 cm³/mol. The van der Waals surface area contributed by atoms with Crippen LogP contribution in [0.5, 0.6) is 0 Å². The van der Waals surface area contributed by atoms with Gasteiger partial charge in [0.2, 0.25) is 5.95 Å². The zero-order chi connectivity index (χ0) is 22.4. The van der Waals surface area contributed by atoms with Crippen molar-refractivity contribution in [1.29, 1.82) is 0 Å². The average molecular weight is 427 g/mol. The van der Waals surface area contributed by atoms with Crippen LogP contribution in [0.4, 0.5) is 17.3 Å². The first-order valence-electron chi connectivity index (χ1n) is 11.0. The van der Waals surface area contributed by atoms with Crippen molar-refractivity contribution < 1.29 is 0 Å². The van der Waals surface area contributed by atoms with Gasteiger partial charge in [0, 0.05) is 57.6 Å². The molecule has 2 unspecified atom stereocenters. The number of rotatable bonds is 4. The maximum absolute atomic E-state index is 4.62. The van der Waals surface area contributed by atoms with E-state index in [2.05, 4.69) is 115 Å². The number of hydrogen-bond acceptors (Lipinski definition) is 5. The van der Waals surface area contributed by atoms with Crippen LogP contribution >= 0.6 is 0 Å². The lowest BCUT2D eigenvalue weighted by molar-refractivity contribution is 0.544. The van der Waals surface area contributed by atoms with Crippen LogP contribution in [0.1, 0.15) is 36.4 Å². The van der Waals surface area contributed by atoms with E-state index in [0.717, 1.165) is 12.4 Å². The Kier molecular flexibility index (Phi) is 5.00. The summed E-state index contributed by atoms with van der Waals surface area (Å²) in [5.74, 6) is 0.986. The summed E-state index contributed by atoms with van der Waals surface area (Å²) in [6, 6.07) is 17.7. The van der Waals surface area contributed by atoms with Crippen LogP contribution in [0.3, 0.4) is 0 Å². The molecule has 2 aliphatic rings. The molecule has 2 atom stereocenters. The van der Waals surface area contributed by atoms with E-state index >= 15 is 0 Å². The second kappa shape index (κ2) is 7.86. The highest BCUT2D eigenvalue weighted by Crippen LogP contribution is 2.47. The van der Waals surface area contributed by atoms with E-state index in [-0.39, 0.29) is 12.0 Å². The Labute approximate surface area is 189 Å². The molecule has 6 nitrogen and oxygen atoms in total. The molecule has 1 N–H and O–H groups in total. The monoisotopic (exact) mass is 426 g/mol. The number of anilines is 3. The first kappa shape index (κ1) is 20.4. The Balaban J connectivity index is 1.63. The molecule has 6 heteroatoms. The van der Waals surface area contributed by atoms with Crippen LogP contribution < -0.4 is 15.1 Å². The van der Waals surface area contributed by atoms with Crippen LogP contribution in [-0.2, 0) is 0 Å². The third-order valence-electron chi connectivity index (χ3n) is 6.46. The molecule has 3 aromatic rings. The predicted octanol–water partition coefficient (Wildman–Crippen LogP) is 4.81. The Morgan fingerprint density at radius 1 is 0.875 bits per heavy atom. The van der Waals surface area contributed by atoms with Crippen molar-refractivity contribution in [2.24, 2.45) is 0 Å². The van der Waals surface area contributed by atoms with Gasteiger partial charge in [0.25, 0.3) is 0 Å². The maximum Gasteiger partial charge on any atom is 0.226 e. The molecule has 0 bridgehead atoms. The van der Waals surface area contributed by atoms with Gasteiger partial charge >= 0.3 is 0 Å². The summed E-state index contributed by atoms with van der Waals surface area (Å²) in [6.07, 6.45) is 4.96. The molecule has 1 aliphatic carbocycles. The molecule has 5 rings (SSSR count). The van der Waals surface area contributed by atoms with E-state index < -0.39 is 0 Å². The van der Waals surface area contributed by atoms with E-state index in [1.54, 1.807) is 6.33 Å². The van der Waals surface area contributed by atoms with Crippen molar-refractivity contribution in [3.63, 3.8) is 0 Å². The van der Waals surface area contributed by atoms with Gasteiger partial charge < -0.3 is 15.1 Å². The van der Waals surface area contributed by atoms with Crippen LogP contribution in [0, 0.1) is 0 Å². The van der Waals surface area contributed by atoms with Gasteiger partial charge in [-0.05, 0) is 47.9 Å². The van der Waals surface area contributed by atoms with Crippen molar-refractivity contribution in [3.05, 3.63) is 88.9 Å². The molecule has 32 heavy (non-hydrogen) atoms. The first-order valence-corrected chi connectivity index (χ1v) is 11.0. The van der Waals surface area contributed by atoms with Crippen LogP contribution in [0.25, 0.3) is 0 Å². The first-order chi connectivity index (χ1) is 15.4. The normalized spacial score (nSPS) is 19.6. The minimum Gasteiger partial charge on any atom is -0.378 e. The summed E-state index contributed by atoms with van der Waals surface area (Å²) in [7, 11) is 8.28. The van der Waals surface area contributed by atoms with E-state index in [1.165, 1.54) is 39.3 Å². The number of allylic oxidation sites excluding steroid dienone is 3. The molecule has 2 heterocycles. The van der Waals surface area contributed by atoms with Crippen molar-refractivity contribution in [3.8, 4) is 0 Å². The van der Waals surface area contributed by atoms with Crippen molar-refractivity contribution in [1.82, 2.24) is 14.8 Å². The topological polar surface area (TPSA) is 49.2 Å². The fraction of sp³-hybridized carbons (Fsp3) is 0.308. The quantitative estimate of drug-likeness (QED) is 0.607. The summed E-state index contributed by atoms with van der Waals surface area (Å²) in [6.45, 7) is 2.22. The van der Waals surface area contributed by atoms with Gasteiger partial charge in [-0.25, -0.2) is 4.68 Å². The van der Waals surface area contributed by atoms with E-state index in [9.17, 15) is 0 Å². The number of nitrogens with zero attached hydrogens (tertiary/aromatic N) is 5. The molecule has 0 fully saturated rings. The Bertz CT molecular complexity index is 1180. The smallest absolute Gasteiger partial charge is 0.226 e. The molecule has 0 saturated heterocycles. The third-order valence-corrected chi connectivity index (χ3v) is 6.46. The molecule has 0 saturated carbocycles. The Morgan fingerprint density at radius 3 is 2.06 bits per heavy atom. The number of aromatic nitrogens is 3. The molecule has 0 amide bonds. The summed E-state index contributed by atoms with van der Waals surface area (Å²) < 4.78 is 2.03. The minimum atomic E-state index is 0.00263. The number of nitrogens with one attached hydrogen (secondary N) is 1. The van der Waals surface area contributed by atoms with Gasteiger partial charge in [-0.15, -0.1) is 0 Å². The molecule has 164 valence electrons. The highest BCUT2D eigenvalue weighted by Gasteiger charge is 2.36. The highest BCUT2D eigenvalue weighted by molar-refractivity contribution is 5.58. The number of fused-ring (bicyclic) bond motifs is 1. The van der Waals surface area contributed by atoms with E-state index in [0.29, 0.717) is 0 Å². The summed E-state index contributed by atoms with van der Waals surface area (Å²) in [4.78, 5) is 8.76. The van der Waals surface area contributed by atoms with Crippen molar-refractivity contribution in [2.45, 2.75) is 25.3 Å². The molecule has 1 aromatic heterocycles. The maximum atomic E-state index is 4.62. The fourth-order valence-corrected chi connectivity index (χ4v) is 4.78. The summed E-state index contributed by atoms with van der Waals surface area (Å²) in [5.41, 5.74) is 8.87. The minimum absolute atomic E-state index is 0.00263. The van der Waals surface area contributed by atoms with Crippen LogP contribution in [0.2, 0.25) is 0 Å². The second-order valence-electron chi connectivity index (χ2n) is 9.13. The number of hydrogen-bond donors (Lipinski definition) is 1. The third kappa shape index (κ3) is 3.45. The lowest BCUT2D eigenvalue weighted by Crippen LogP contribution is -2.30. The average Bonchev–Trinajstić information content (AvgIpc) is 3.25. The van der Waals surface area contributed by atoms with Crippen LogP contribution in [0.15, 0.2) is 77.8 Å². The Morgan fingerprint density at radius 2 is 1.47 bits per heavy atom. The van der Waals surface area contributed by atoms with E-state index in [4.69, 9.17) is 0 Å². The van der Waals surface area contributed by atoms with Gasteiger partial charge in [-0.1, -0.05) is 35.9 Å². The lowest BCUT2D eigenvalue weighted by Gasteiger charge is -2.37. The SMILES string of the molecule is CC1=CC(c2ccc(N(C)C)cc2)C2=C(C1)Nc1ncnn1C2c1ccc(N(C)C)cc1. The van der Waals surface area contributed by atoms with Gasteiger partial charge in [0.05, 0.1) is 0 Å². The standard InChI is InChI=1S/C26H30N6/c1-17-14-22(18-6-10-20(11-7-18)30(2)3)24-23(15-17)29-26-27-16-28-32(26)25(24)19-8-12-21(13-9-19)31(4)5/h6-14,16,22,25H,15H2,1-5H3,(H,27,28,29). The van der Waals surface area contributed by atoms with E-state index in [1.807, 2.05) is 4.68 Å². The van der Waals surface area contributed by atoms with Gasteiger partial charge in [-0.2, -0.15) is 10.1 Å². The molecule has 1 aliphatic heterocycles. The molecule has 0 radical (unpaired) electrons. The molecular weight excluding hydrogens is 396 g/mol. The Hall–Kier alpha value is -3.54. The highest BCUT2D eigenvalue weighted by atomic mass is 15.4. The van der Waals surface area contributed by atoms with Gasteiger partial charge in [-0.3, -0.25) is 0 Å². The largest absolute Gasteiger partial charge is 0.378 e. The van der Waals surface area contributed by atoms with Crippen molar-refractivity contribution >= 4 is 17.3 Å². The fourth-order valence-electron chi connectivity index (χ4n) is 4.78. The molecule has 2 aromatic carbocycles. The zero-order valence-corrected chi connectivity index (χ0v) is 19.4.